The number of anilines is 1. The second-order valence-electron chi connectivity index (χ2n) is 4.97. The topological polar surface area (TPSA) is 81.4 Å². The molecule has 6 heteroatoms. The minimum Gasteiger partial charge on any atom is -0.494 e. The smallest absolute Gasteiger partial charge is 0.238 e. The first-order valence-corrected chi connectivity index (χ1v) is 9.94. The van der Waals surface area contributed by atoms with Gasteiger partial charge >= 0.3 is 0 Å². The summed E-state index contributed by atoms with van der Waals surface area (Å²) in [7, 11) is -3.69. The van der Waals surface area contributed by atoms with E-state index < -0.39 is 10.0 Å². The van der Waals surface area contributed by atoms with Gasteiger partial charge in [0.1, 0.15) is 5.75 Å². The lowest BCUT2D eigenvalue weighted by Crippen LogP contribution is -2.11. The van der Waals surface area contributed by atoms with E-state index in [4.69, 9.17) is 9.88 Å². The van der Waals surface area contributed by atoms with Gasteiger partial charge in [-0.05, 0) is 67.1 Å². The fourth-order valence-electron chi connectivity index (χ4n) is 2.11. The molecular formula is C20H26N2O3S. The Morgan fingerprint density at radius 3 is 2.15 bits per heavy atom. The van der Waals surface area contributed by atoms with Crippen molar-refractivity contribution in [3.63, 3.8) is 0 Å². The molecule has 0 bridgehead atoms. The highest BCUT2D eigenvalue weighted by Gasteiger charge is 2.08. The van der Waals surface area contributed by atoms with Crippen molar-refractivity contribution in [3.8, 4) is 5.75 Å². The third-order valence-corrected chi connectivity index (χ3v) is 4.15. The molecule has 0 saturated heterocycles. The van der Waals surface area contributed by atoms with Gasteiger partial charge in [-0.25, -0.2) is 13.6 Å². The maximum atomic E-state index is 11.3. The first-order valence-electron chi connectivity index (χ1n) is 8.40. The molecule has 0 unspecified atom stereocenters. The van der Waals surface area contributed by atoms with Crippen LogP contribution >= 0.6 is 0 Å². The molecule has 0 fully saturated rings. The highest BCUT2D eigenvalue weighted by molar-refractivity contribution is 7.89. The van der Waals surface area contributed by atoms with Crippen molar-refractivity contribution in [1.29, 1.82) is 0 Å². The Morgan fingerprint density at radius 1 is 1.12 bits per heavy atom. The Bertz CT molecular complexity index is 824. The van der Waals surface area contributed by atoms with E-state index in [1.807, 2.05) is 51.1 Å². The van der Waals surface area contributed by atoms with Gasteiger partial charge in [-0.3, -0.25) is 0 Å². The number of hydrogen-bond donors (Lipinski definition) is 2. The molecule has 0 aliphatic heterocycles. The second kappa shape index (κ2) is 10.4. The number of primary sulfonamides is 1. The zero-order chi connectivity index (χ0) is 19.6. The molecule has 0 aliphatic rings. The third-order valence-electron chi connectivity index (χ3n) is 3.22. The summed E-state index contributed by atoms with van der Waals surface area (Å²) in [5, 5.41) is 8.34. The van der Waals surface area contributed by atoms with Gasteiger partial charge in [0.05, 0.1) is 11.5 Å². The lowest BCUT2D eigenvalue weighted by Gasteiger charge is -2.12. The molecule has 0 aliphatic carbocycles. The zero-order valence-corrected chi connectivity index (χ0v) is 16.2. The lowest BCUT2D eigenvalue weighted by atomic mass is 10.1. The lowest BCUT2D eigenvalue weighted by molar-refractivity contribution is 0.340. The van der Waals surface area contributed by atoms with E-state index in [0.717, 1.165) is 22.7 Å². The predicted octanol–water partition coefficient (Wildman–Crippen LogP) is 4.40. The average molecular weight is 375 g/mol. The number of nitrogens with two attached hydrogens (primary N) is 1. The highest BCUT2D eigenvalue weighted by Crippen LogP contribution is 2.22. The standard InChI is InChI=1S/C18H20N2O3S.C2H6/c1-3-5-18(14-6-10-16(11-7-14)23-4-2)20-15-8-12-17(13-9-15)24(19,21)22;1-2/h3,5-13,20H,1,4H2,2H3,(H2,19,21,22);1-2H3/b18-5-;. The molecule has 2 rings (SSSR count). The van der Waals surface area contributed by atoms with E-state index in [-0.39, 0.29) is 4.90 Å². The summed E-state index contributed by atoms with van der Waals surface area (Å²) >= 11 is 0. The number of hydrogen-bond acceptors (Lipinski definition) is 4. The van der Waals surface area contributed by atoms with Crippen LogP contribution in [0.4, 0.5) is 5.69 Å². The first kappa shape index (κ1) is 21.5. The molecule has 2 aromatic rings. The first-order chi connectivity index (χ1) is 12.4. The summed E-state index contributed by atoms with van der Waals surface area (Å²) in [5.74, 6) is 0.803. The maximum Gasteiger partial charge on any atom is 0.238 e. The van der Waals surface area contributed by atoms with Crippen LogP contribution in [0.5, 0.6) is 5.75 Å². The molecule has 0 saturated carbocycles. The van der Waals surface area contributed by atoms with Crippen LogP contribution in [0, 0.1) is 0 Å². The van der Waals surface area contributed by atoms with Gasteiger partial charge in [0.15, 0.2) is 0 Å². The number of rotatable bonds is 7. The minimum absolute atomic E-state index is 0.0726. The molecule has 0 heterocycles. The molecule has 0 atom stereocenters. The van der Waals surface area contributed by atoms with Gasteiger partial charge < -0.3 is 10.1 Å². The van der Waals surface area contributed by atoms with E-state index in [2.05, 4.69) is 11.9 Å². The second-order valence-corrected chi connectivity index (χ2v) is 6.53. The summed E-state index contributed by atoms with van der Waals surface area (Å²) < 4.78 is 28.0. The summed E-state index contributed by atoms with van der Waals surface area (Å²) in [5.41, 5.74) is 2.52. The van der Waals surface area contributed by atoms with Crippen LogP contribution in [0.1, 0.15) is 26.3 Å². The molecule has 140 valence electrons. The Balaban J connectivity index is 0.00000163. The van der Waals surface area contributed by atoms with Crippen molar-refractivity contribution in [3.05, 3.63) is 72.8 Å². The van der Waals surface area contributed by atoms with E-state index in [1.165, 1.54) is 12.1 Å². The average Bonchev–Trinajstić information content (AvgIpc) is 2.64. The van der Waals surface area contributed by atoms with Gasteiger partial charge in [0, 0.05) is 11.4 Å². The molecule has 5 nitrogen and oxygen atoms in total. The van der Waals surface area contributed by atoms with Crippen LogP contribution in [-0.4, -0.2) is 15.0 Å². The number of nitrogens with one attached hydrogen (secondary N) is 1. The molecule has 3 N–H and O–H groups in total. The van der Waals surface area contributed by atoms with Crippen LogP contribution in [-0.2, 0) is 10.0 Å². The van der Waals surface area contributed by atoms with Crippen LogP contribution in [0.25, 0.3) is 5.70 Å². The van der Waals surface area contributed by atoms with E-state index in [1.54, 1.807) is 18.2 Å². The van der Waals surface area contributed by atoms with Crippen LogP contribution < -0.4 is 15.2 Å². The van der Waals surface area contributed by atoms with Crippen LogP contribution in [0.2, 0.25) is 0 Å². The zero-order valence-electron chi connectivity index (χ0n) is 15.4. The molecule has 26 heavy (non-hydrogen) atoms. The summed E-state index contributed by atoms with van der Waals surface area (Å²) in [6, 6.07) is 13.9. The quantitative estimate of drug-likeness (QED) is 0.704. The predicted molar refractivity (Wildman–Crippen MR) is 109 cm³/mol. The number of ether oxygens (including phenoxy) is 1. The molecule has 0 radical (unpaired) electrons. The molecule has 2 aromatic carbocycles. The minimum atomic E-state index is -3.69. The van der Waals surface area contributed by atoms with E-state index in [9.17, 15) is 8.42 Å². The molecule has 0 amide bonds. The monoisotopic (exact) mass is 374 g/mol. The largest absolute Gasteiger partial charge is 0.494 e. The maximum absolute atomic E-state index is 11.3. The van der Waals surface area contributed by atoms with E-state index >= 15 is 0 Å². The highest BCUT2D eigenvalue weighted by atomic mass is 32.2. The number of benzene rings is 2. The van der Waals surface area contributed by atoms with Crippen molar-refractivity contribution >= 4 is 21.4 Å². The van der Waals surface area contributed by atoms with Crippen LogP contribution in [0.15, 0.2) is 72.2 Å². The van der Waals surface area contributed by atoms with Gasteiger partial charge in [0.2, 0.25) is 10.0 Å². The van der Waals surface area contributed by atoms with Crippen molar-refractivity contribution < 1.29 is 13.2 Å². The van der Waals surface area contributed by atoms with Crippen molar-refractivity contribution in [2.24, 2.45) is 5.14 Å². The van der Waals surface area contributed by atoms with Gasteiger partial charge in [-0.1, -0.05) is 26.5 Å². The van der Waals surface area contributed by atoms with Crippen molar-refractivity contribution in [2.75, 3.05) is 11.9 Å². The summed E-state index contributed by atoms with van der Waals surface area (Å²) in [6.07, 6.45) is 3.51. The fourth-order valence-corrected chi connectivity index (χ4v) is 2.62. The van der Waals surface area contributed by atoms with Gasteiger partial charge in [-0.15, -0.1) is 0 Å². The SMILES string of the molecule is C=C/C=C(\Nc1ccc(S(N)(=O)=O)cc1)c1ccc(OCC)cc1.CC. The van der Waals surface area contributed by atoms with Crippen molar-refractivity contribution in [2.45, 2.75) is 25.7 Å². The molecule has 0 aromatic heterocycles. The number of allylic oxidation sites excluding steroid dienone is 2. The fraction of sp³-hybridized carbons (Fsp3) is 0.200. The number of sulfonamides is 1. The Hall–Kier alpha value is -2.57. The normalized spacial score (nSPS) is 11.2. The van der Waals surface area contributed by atoms with Crippen molar-refractivity contribution in [1.82, 2.24) is 0 Å². The van der Waals surface area contributed by atoms with Crippen LogP contribution in [0.3, 0.4) is 0 Å². The Morgan fingerprint density at radius 2 is 1.69 bits per heavy atom. The Kier molecular flexibility index (Phi) is 8.61. The molecular weight excluding hydrogens is 348 g/mol. The third kappa shape index (κ3) is 6.38. The summed E-state index contributed by atoms with van der Waals surface area (Å²) in [6.45, 7) is 10.3. The summed E-state index contributed by atoms with van der Waals surface area (Å²) in [4.78, 5) is 0.0726. The van der Waals surface area contributed by atoms with Gasteiger partial charge in [0.25, 0.3) is 0 Å². The van der Waals surface area contributed by atoms with E-state index in [0.29, 0.717) is 6.61 Å². The van der Waals surface area contributed by atoms with Gasteiger partial charge in [-0.2, -0.15) is 0 Å². The Labute approximate surface area is 156 Å². The molecule has 0 spiro atoms.